The molecule has 0 radical (unpaired) electrons. The van der Waals surface area contributed by atoms with E-state index in [0.29, 0.717) is 50.1 Å². The highest BCUT2D eigenvalue weighted by Crippen LogP contribution is 2.34. The number of halogens is 1. The Hall–Kier alpha value is -2.76. The van der Waals surface area contributed by atoms with E-state index in [4.69, 9.17) is 25.8 Å². The normalized spacial score (nSPS) is 20.5. The van der Waals surface area contributed by atoms with Gasteiger partial charge in [0.2, 0.25) is 0 Å². The molecule has 1 aromatic carbocycles. The number of carbonyl (C=O) groups excluding carboxylic acids is 3. The largest absolute Gasteiger partial charge is 0.453 e. The van der Waals surface area contributed by atoms with Crippen molar-refractivity contribution in [3.63, 3.8) is 0 Å². The maximum Gasteiger partial charge on any atom is 0.410 e. The molecule has 2 N–H and O–H groups in total. The molecule has 0 aromatic heterocycles. The van der Waals surface area contributed by atoms with E-state index in [0.717, 1.165) is 37.9 Å². The second-order valence-electron chi connectivity index (χ2n) is 12.4. The van der Waals surface area contributed by atoms with Crippen molar-refractivity contribution in [3.05, 3.63) is 34.9 Å². The zero-order valence-electron chi connectivity index (χ0n) is 26.2. The molecule has 4 atom stereocenters. The first kappa shape index (κ1) is 34.7. The molecule has 2 aliphatic heterocycles. The van der Waals surface area contributed by atoms with E-state index in [1.165, 1.54) is 7.11 Å². The van der Waals surface area contributed by atoms with Crippen LogP contribution in [0.2, 0.25) is 5.02 Å². The van der Waals surface area contributed by atoms with Crippen molar-refractivity contribution in [2.75, 3.05) is 60.2 Å². The highest BCUT2D eigenvalue weighted by atomic mass is 35.5. The molecule has 2 saturated heterocycles. The van der Waals surface area contributed by atoms with Crippen LogP contribution >= 0.6 is 11.6 Å². The number of hydrogen-bond donors (Lipinski definition) is 2. The molecule has 1 aromatic rings. The number of urea groups is 1. The number of amides is 4. The van der Waals surface area contributed by atoms with Crippen LogP contribution in [0, 0.1) is 11.8 Å². The number of rotatable bonds is 11. The van der Waals surface area contributed by atoms with Gasteiger partial charge in [-0.1, -0.05) is 23.7 Å². The van der Waals surface area contributed by atoms with E-state index in [9.17, 15) is 14.4 Å². The quantitative estimate of drug-likeness (QED) is 0.324. The lowest BCUT2D eigenvalue weighted by Gasteiger charge is -2.38. The molecule has 1 unspecified atom stereocenters. The summed E-state index contributed by atoms with van der Waals surface area (Å²) in [6.07, 6.45) is 3.18. The molecule has 12 heteroatoms. The van der Waals surface area contributed by atoms with Crippen molar-refractivity contribution < 1.29 is 33.3 Å². The topological polar surface area (TPSA) is 119 Å². The number of ether oxygens (including phenoxy) is 4. The SMILES string of the molecule is COC(=O)NCCOC(c1cccc(Cl)c1)[C@@H]1CCCN(C(=O)NC[C@@H](C[C@H]2CCCOC2)N(C)C(=O)OC(C)(C)C)C1. The summed E-state index contributed by atoms with van der Waals surface area (Å²) in [5.41, 5.74) is 0.305. The number of likely N-dealkylation sites (tertiary alicyclic amines) is 1. The molecule has 2 aliphatic rings. The lowest BCUT2D eigenvalue weighted by Crippen LogP contribution is -2.52. The first-order valence-corrected chi connectivity index (χ1v) is 15.6. The second kappa shape index (κ2) is 16.9. The van der Waals surface area contributed by atoms with E-state index < -0.39 is 17.8 Å². The van der Waals surface area contributed by atoms with Crippen LogP contribution in [0.4, 0.5) is 14.4 Å². The highest BCUT2D eigenvalue weighted by Gasteiger charge is 2.33. The molecule has 0 spiro atoms. The maximum atomic E-state index is 13.5. The molecule has 2 fully saturated rings. The van der Waals surface area contributed by atoms with Gasteiger partial charge in [0.25, 0.3) is 0 Å². The van der Waals surface area contributed by atoms with Crippen LogP contribution in [0.1, 0.15) is 64.5 Å². The average Bonchev–Trinajstić information content (AvgIpc) is 2.98. The highest BCUT2D eigenvalue weighted by molar-refractivity contribution is 6.30. The zero-order chi connectivity index (χ0) is 31.4. The Kier molecular flexibility index (Phi) is 13.7. The van der Waals surface area contributed by atoms with Gasteiger partial charge in [-0.05, 0) is 76.5 Å². The molecule has 11 nitrogen and oxygen atoms in total. The van der Waals surface area contributed by atoms with Gasteiger partial charge in [0.15, 0.2) is 0 Å². The molecular formula is C31H49ClN4O7. The fraction of sp³-hybridized carbons (Fsp3) is 0.710. The van der Waals surface area contributed by atoms with Crippen LogP contribution in [0.5, 0.6) is 0 Å². The molecular weight excluding hydrogens is 576 g/mol. The molecule has 43 heavy (non-hydrogen) atoms. The van der Waals surface area contributed by atoms with Crippen molar-refractivity contribution in [3.8, 4) is 0 Å². The van der Waals surface area contributed by atoms with Crippen molar-refractivity contribution in [2.24, 2.45) is 11.8 Å². The second-order valence-corrected chi connectivity index (χ2v) is 12.8. The Morgan fingerprint density at radius 1 is 1.19 bits per heavy atom. The minimum Gasteiger partial charge on any atom is -0.453 e. The van der Waals surface area contributed by atoms with Crippen LogP contribution in [0.15, 0.2) is 24.3 Å². The lowest BCUT2D eigenvalue weighted by molar-refractivity contribution is -0.00878. The predicted octanol–water partition coefficient (Wildman–Crippen LogP) is 5.23. The molecule has 0 saturated carbocycles. The van der Waals surface area contributed by atoms with Crippen LogP contribution in [-0.4, -0.2) is 99.8 Å². The van der Waals surface area contributed by atoms with Crippen molar-refractivity contribution in [1.82, 2.24) is 20.4 Å². The first-order chi connectivity index (χ1) is 20.5. The van der Waals surface area contributed by atoms with E-state index >= 15 is 0 Å². The maximum absolute atomic E-state index is 13.5. The van der Waals surface area contributed by atoms with Gasteiger partial charge in [0, 0.05) is 57.4 Å². The molecule has 4 amide bonds. The Labute approximate surface area is 260 Å². The molecule has 242 valence electrons. The Morgan fingerprint density at radius 2 is 1.98 bits per heavy atom. The smallest absolute Gasteiger partial charge is 0.410 e. The zero-order valence-corrected chi connectivity index (χ0v) is 27.0. The van der Waals surface area contributed by atoms with E-state index in [-0.39, 0.29) is 30.7 Å². The van der Waals surface area contributed by atoms with Gasteiger partial charge in [-0.25, -0.2) is 14.4 Å². The standard InChI is InChI=1S/C31H49ClN4O7/c1-31(2,3)43-30(39)35(4)26(17-22-9-8-15-41-21-22)19-34-28(37)36-14-7-11-24(20-36)27(23-10-6-12-25(32)18-23)42-16-13-33-29(38)40-5/h6,10,12,18,22,24,26-27H,7-9,11,13-17,19-21H2,1-5H3,(H,33,38)(H,34,37)/t22-,24-,26-,27?/m1/s1. The van der Waals surface area contributed by atoms with Crippen LogP contribution in [0.25, 0.3) is 0 Å². The number of methoxy groups -OCH3 is 1. The van der Waals surface area contributed by atoms with Gasteiger partial charge in [-0.2, -0.15) is 0 Å². The van der Waals surface area contributed by atoms with Crippen molar-refractivity contribution in [2.45, 2.75) is 70.6 Å². The van der Waals surface area contributed by atoms with Gasteiger partial charge >= 0.3 is 18.2 Å². The summed E-state index contributed by atoms with van der Waals surface area (Å²) >= 11 is 6.30. The average molecular weight is 625 g/mol. The Balaban J connectivity index is 1.65. The minimum absolute atomic E-state index is 0.0238. The number of alkyl carbamates (subject to hydrolysis) is 1. The summed E-state index contributed by atoms with van der Waals surface area (Å²) in [5, 5.41) is 6.33. The van der Waals surface area contributed by atoms with Gasteiger partial charge in [0.1, 0.15) is 5.60 Å². The van der Waals surface area contributed by atoms with Gasteiger partial charge < -0.3 is 39.4 Å². The van der Waals surface area contributed by atoms with Crippen molar-refractivity contribution in [1.29, 1.82) is 0 Å². The van der Waals surface area contributed by atoms with Crippen molar-refractivity contribution >= 4 is 29.8 Å². The Morgan fingerprint density at radius 3 is 2.65 bits per heavy atom. The number of hydrogen-bond acceptors (Lipinski definition) is 7. The van der Waals surface area contributed by atoms with Gasteiger partial charge in [-0.15, -0.1) is 0 Å². The summed E-state index contributed by atoms with van der Waals surface area (Å²) in [7, 11) is 3.04. The summed E-state index contributed by atoms with van der Waals surface area (Å²) in [4.78, 5) is 41.3. The number of carbonyl (C=O) groups is 3. The molecule has 0 bridgehead atoms. The van der Waals surface area contributed by atoms with E-state index in [2.05, 4.69) is 15.4 Å². The summed E-state index contributed by atoms with van der Waals surface area (Å²) in [6, 6.07) is 7.12. The first-order valence-electron chi connectivity index (χ1n) is 15.2. The number of likely N-dealkylation sites (N-methyl/N-ethyl adjacent to an activating group) is 1. The molecule has 0 aliphatic carbocycles. The van der Waals surface area contributed by atoms with E-state index in [1.54, 1.807) is 11.9 Å². The monoisotopic (exact) mass is 624 g/mol. The van der Waals surface area contributed by atoms with Crippen LogP contribution in [0.3, 0.4) is 0 Å². The number of nitrogens with zero attached hydrogens (tertiary/aromatic N) is 2. The predicted molar refractivity (Wildman–Crippen MR) is 164 cm³/mol. The van der Waals surface area contributed by atoms with E-state index in [1.807, 2.05) is 49.9 Å². The summed E-state index contributed by atoms with van der Waals surface area (Å²) < 4.78 is 22.2. The minimum atomic E-state index is -0.618. The lowest BCUT2D eigenvalue weighted by atomic mass is 9.88. The third-order valence-corrected chi connectivity index (χ3v) is 8.02. The number of nitrogens with one attached hydrogen (secondary N) is 2. The molecule has 3 rings (SSSR count). The molecule has 2 heterocycles. The third kappa shape index (κ3) is 11.7. The van der Waals surface area contributed by atoms with Crippen LogP contribution in [-0.2, 0) is 18.9 Å². The van der Waals surface area contributed by atoms with Gasteiger partial charge in [0.05, 0.1) is 25.9 Å². The number of piperidine rings is 1. The van der Waals surface area contributed by atoms with Crippen LogP contribution < -0.4 is 10.6 Å². The summed E-state index contributed by atoms with van der Waals surface area (Å²) in [5.74, 6) is 0.333. The third-order valence-electron chi connectivity index (χ3n) is 7.78. The van der Waals surface area contributed by atoms with Gasteiger partial charge in [-0.3, -0.25) is 0 Å². The Bertz CT molecular complexity index is 1050. The summed E-state index contributed by atoms with van der Waals surface area (Å²) in [6.45, 7) is 8.93. The number of benzene rings is 1. The fourth-order valence-electron chi connectivity index (χ4n) is 5.60. The fourth-order valence-corrected chi connectivity index (χ4v) is 5.80.